The summed E-state index contributed by atoms with van der Waals surface area (Å²) in [4.78, 5) is 10.3. The number of furan rings is 1. The van der Waals surface area contributed by atoms with Crippen LogP contribution in [0.15, 0.2) is 162 Å². The highest BCUT2D eigenvalue weighted by molar-refractivity contribution is 6.15. The topological polar surface area (TPSA) is 38.9 Å². The SMILES string of the molecule is c1ccc(-c2nc(-c3ccccc3-c3cc4ccccc4o3)cc(-c3cccc4c3ccc3cc5ccccc5cc34)n2)cc1. The molecule has 3 nitrogen and oxygen atoms in total. The van der Waals surface area contributed by atoms with E-state index in [0.717, 1.165) is 55.8 Å². The summed E-state index contributed by atoms with van der Waals surface area (Å²) in [5.41, 5.74) is 6.63. The first-order valence-electron chi connectivity index (χ1n) is 15.2. The Hall–Kier alpha value is -6.06. The van der Waals surface area contributed by atoms with Crippen LogP contribution in [0.25, 0.3) is 88.5 Å². The molecule has 0 aliphatic rings. The Kier molecular flexibility index (Phi) is 5.82. The summed E-state index contributed by atoms with van der Waals surface area (Å²) >= 11 is 0. The first kappa shape index (κ1) is 25.4. The monoisotopic (exact) mass is 574 g/mol. The number of nitrogens with zero attached hydrogens (tertiary/aromatic N) is 2. The van der Waals surface area contributed by atoms with Gasteiger partial charge in [0, 0.05) is 27.6 Å². The van der Waals surface area contributed by atoms with Crippen molar-refractivity contribution in [2.45, 2.75) is 0 Å². The summed E-state index contributed by atoms with van der Waals surface area (Å²) in [5, 5.41) is 8.39. The predicted octanol–water partition coefficient (Wildman–Crippen LogP) is 11.4. The molecule has 0 fully saturated rings. The van der Waals surface area contributed by atoms with Crippen LogP contribution in [0, 0.1) is 0 Å². The minimum Gasteiger partial charge on any atom is -0.456 e. The molecule has 2 heterocycles. The lowest BCUT2D eigenvalue weighted by Gasteiger charge is -2.14. The number of fused-ring (bicyclic) bond motifs is 5. The first-order valence-corrected chi connectivity index (χ1v) is 15.2. The molecule has 0 saturated carbocycles. The average molecular weight is 575 g/mol. The third kappa shape index (κ3) is 4.37. The molecule has 0 amide bonds. The molecule has 0 N–H and O–H groups in total. The smallest absolute Gasteiger partial charge is 0.160 e. The van der Waals surface area contributed by atoms with Crippen molar-refractivity contribution in [2.75, 3.05) is 0 Å². The van der Waals surface area contributed by atoms with Crippen molar-refractivity contribution in [3.63, 3.8) is 0 Å². The quantitative estimate of drug-likeness (QED) is 0.155. The lowest BCUT2D eigenvalue weighted by molar-refractivity contribution is 0.632. The van der Waals surface area contributed by atoms with Gasteiger partial charge in [0.15, 0.2) is 5.82 Å². The van der Waals surface area contributed by atoms with Gasteiger partial charge in [-0.2, -0.15) is 0 Å². The molecule has 0 aliphatic heterocycles. The molecule has 9 rings (SSSR count). The van der Waals surface area contributed by atoms with Crippen LogP contribution in [0.1, 0.15) is 0 Å². The van der Waals surface area contributed by atoms with Crippen LogP contribution >= 0.6 is 0 Å². The number of benzene rings is 7. The first-order chi connectivity index (χ1) is 22.3. The van der Waals surface area contributed by atoms with Gasteiger partial charge >= 0.3 is 0 Å². The fourth-order valence-electron chi connectivity index (χ4n) is 6.48. The zero-order valence-electron chi connectivity index (χ0n) is 24.3. The maximum atomic E-state index is 6.33. The highest BCUT2D eigenvalue weighted by Crippen LogP contribution is 2.39. The van der Waals surface area contributed by atoms with Crippen LogP contribution in [0.2, 0.25) is 0 Å². The standard InChI is InChI=1S/C42H26N2O/c1-2-11-27(12-3-1)42-43-38(26-39(44-42)35-16-7-8-17-36(35)41-25-31-15-6-9-20-40(31)45-41)34-19-10-18-32-33(34)22-21-30-23-28-13-4-5-14-29(28)24-37(30)32/h1-26H. The van der Waals surface area contributed by atoms with Crippen molar-refractivity contribution in [3.8, 4) is 45.2 Å². The van der Waals surface area contributed by atoms with Gasteiger partial charge in [0.05, 0.1) is 11.4 Å². The normalized spacial score (nSPS) is 11.6. The highest BCUT2D eigenvalue weighted by Gasteiger charge is 2.17. The molecule has 9 aromatic rings. The molecule has 3 heteroatoms. The van der Waals surface area contributed by atoms with E-state index < -0.39 is 0 Å². The summed E-state index contributed by atoms with van der Waals surface area (Å²) < 4.78 is 6.33. The van der Waals surface area contributed by atoms with Gasteiger partial charge < -0.3 is 4.42 Å². The second-order valence-electron chi connectivity index (χ2n) is 11.4. The van der Waals surface area contributed by atoms with E-state index in [1.165, 1.54) is 26.9 Å². The molecule has 0 spiro atoms. The van der Waals surface area contributed by atoms with Gasteiger partial charge in [-0.25, -0.2) is 9.97 Å². The Morgan fingerprint density at radius 2 is 1.04 bits per heavy atom. The lowest BCUT2D eigenvalue weighted by atomic mass is 9.94. The summed E-state index contributed by atoms with van der Waals surface area (Å²) in [6, 6.07) is 55.0. The lowest BCUT2D eigenvalue weighted by Crippen LogP contribution is -1.97. The van der Waals surface area contributed by atoms with Gasteiger partial charge in [-0.05, 0) is 62.6 Å². The van der Waals surface area contributed by atoms with E-state index in [1.54, 1.807) is 0 Å². The third-order valence-electron chi connectivity index (χ3n) is 8.67. The Morgan fingerprint density at radius 3 is 1.87 bits per heavy atom. The van der Waals surface area contributed by atoms with Gasteiger partial charge in [-0.3, -0.25) is 0 Å². The number of hydrogen-bond donors (Lipinski definition) is 0. The van der Waals surface area contributed by atoms with E-state index in [-0.39, 0.29) is 0 Å². The second kappa shape index (κ2) is 10.3. The van der Waals surface area contributed by atoms with Crippen LogP contribution in [-0.2, 0) is 0 Å². The number of aromatic nitrogens is 2. The summed E-state index contributed by atoms with van der Waals surface area (Å²) in [6.45, 7) is 0. The molecular formula is C42H26N2O. The molecule has 0 aliphatic carbocycles. The van der Waals surface area contributed by atoms with Crippen molar-refractivity contribution in [2.24, 2.45) is 0 Å². The molecule has 0 unspecified atom stereocenters. The summed E-state index contributed by atoms with van der Waals surface area (Å²) in [7, 11) is 0. The van der Waals surface area contributed by atoms with Crippen molar-refractivity contribution >= 4 is 43.3 Å². The molecule has 45 heavy (non-hydrogen) atoms. The predicted molar refractivity (Wildman–Crippen MR) is 186 cm³/mol. The van der Waals surface area contributed by atoms with E-state index in [0.29, 0.717) is 5.82 Å². The zero-order valence-corrected chi connectivity index (χ0v) is 24.3. The van der Waals surface area contributed by atoms with Crippen LogP contribution in [-0.4, -0.2) is 9.97 Å². The van der Waals surface area contributed by atoms with E-state index in [2.05, 4.69) is 115 Å². The molecule has 0 saturated heterocycles. The number of para-hydroxylation sites is 1. The van der Waals surface area contributed by atoms with Gasteiger partial charge in [-0.15, -0.1) is 0 Å². The maximum absolute atomic E-state index is 6.33. The van der Waals surface area contributed by atoms with E-state index >= 15 is 0 Å². The van der Waals surface area contributed by atoms with Gasteiger partial charge in [-0.1, -0.05) is 127 Å². The average Bonchev–Trinajstić information content (AvgIpc) is 3.55. The minimum atomic E-state index is 0.686. The summed E-state index contributed by atoms with van der Waals surface area (Å²) in [5.74, 6) is 1.50. The molecule has 0 radical (unpaired) electrons. The van der Waals surface area contributed by atoms with Crippen molar-refractivity contribution < 1.29 is 4.42 Å². The molecular weight excluding hydrogens is 548 g/mol. The molecule has 7 aromatic carbocycles. The Bertz CT molecular complexity index is 2510. The van der Waals surface area contributed by atoms with Crippen molar-refractivity contribution in [1.82, 2.24) is 9.97 Å². The van der Waals surface area contributed by atoms with Crippen LogP contribution in [0.4, 0.5) is 0 Å². The number of rotatable bonds is 4. The second-order valence-corrected chi connectivity index (χ2v) is 11.4. The van der Waals surface area contributed by atoms with Crippen LogP contribution in [0.3, 0.4) is 0 Å². The van der Waals surface area contributed by atoms with E-state index in [9.17, 15) is 0 Å². The molecule has 0 bridgehead atoms. The fraction of sp³-hybridized carbons (Fsp3) is 0. The van der Waals surface area contributed by atoms with Gasteiger partial charge in [0.2, 0.25) is 0 Å². The van der Waals surface area contributed by atoms with Crippen molar-refractivity contribution in [3.05, 3.63) is 158 Å². The Balaban J connectivity index is 1.28. The van der Waals surface area contributed by atoms with Crippen LogP contribution < -0.4 is 0 Å². The van der Waals surface area contributed by atoms with Gasteiger partial charge in [0.25, 0.3) is 0 Å². The summed E-state index contributed by atoms with van der Waals surface area (Å²) in [6.07, 6.45) is 0. The Morgan fingerprint density at radius 1 is 0.378 bits per heavy atom. The zero-order chi connectivity index (χ0) is 29.7. The maximum Gasteiger partial charge on any atom is 0.160 e. The molecule has 210 valence electrons. The van der Waals surface area contributed by atoms with E-state index in [1.807, 2.05) is 42.5 Å². The highest BCUT2D eigenvalue weighted by atomic mass is 16.3. The van der Waals surface area contributed by atoms with Gasteiger partial charge in [0.1, 0.15) is 11.3 Å². The Labute approximate surface area is 260 Å². The largest absolute Gasteiger partial charge is 0.456 e. The van der Waals surface area contributed by atoms with Crippen molar-refractivity contribution in [1.29, 1.82) is 0 Å². The van der Waals surface area contributed by atoms with Crippen LogP contribution in [0.5, 0.6) is 0 Å². The number of hydrogen-bond acceptors (Lipinski definition) is 3. The molecule has 0 atom stereocenters. The fourth-order valence-corrected chi connectivity index (χ4v) is 6.48. The van der Waals surface area contributed by atoms with E-state index in [4.69, 9.17) is 14.4 Å². The third-order valence-corrected chi connectivity index (χ3v) is 8.67. The molecule has 2 aromatic heterocycles. The minimum absolute atomic E-state index is 0.686.